The van der Waals surface area contributed by atoms with Crippen LogP contribution in [0.4, 0.5) is 0 Å². The van der Waals surface area contributed by atoms with E-state index in [2.05, 4.69) is 6.58 Å². The number of aliphatic hydroxyl groups excluding tert-OH is 1. The SMILES string of the molecule is C=C(C)CN(C)S(=O)(=O)c1cc(CO)n(C)c1. The Morgan fingerprint density at radius 2 is 2.18 bits per heavy atom. The number of aliphatic hydroxyl groups is 1. The summed E-state index contributed by atoms with van der Waals surface area (Å²) >= 11 is 0. The fourth-order valence-corrected chi connectivity index (χ4v) is 2.85. The maximum Gasteiger partial charge on any atom is 0.244 e. The van der Waals surface area contributed by atoms with Crippen LogP contribution in [-0.4, -0.2) is 36.0 Å². The van der Waals surface area contributed by atoms with Crippen molar-refractivity contribution < 1.29 is 13.5 Å². The van der Waals surface area contributed by atoms with Gasteiger partial charge in [0.1, 0.15) is 4.90 Å². The lowest BCUT2D eigenvalue weighted by Crippen LogP contribution is -2.28. The van der Waals surface area contributed by atoms with Crippen LogP contribution in [0.25, 0.3) is 0 Å². The minimum atomic E-state index is -3.51. The molecule has 0 unspecified atom stereocenters. The zero-order valence-corrected chi connectivity index (χ0v) is 11.2. The molecule has 0 saturated carbocycles. The van der Waals surface area contributed by atoms with Crippen molar-refractivity contribution in [1.29, 1.82) is 0 Å². The molecule has 0 aliphatic carbocycles. The lowest BCUT2D eigenvalue weighted by Gasteiger charge is -2.15. The number of aromatic nitrogens is 1. The van der Waals surface area contributed by atoms with Gasteiger partial charge in [0.2, 0.25) is 10.0 Å². The standard InChI is InChI=1S/C11H18N2O3S/c1-9(2)6-13(4)17(15,16)11-5-10(8-14)12(3)7-11/h5,7,14H,1,6,8H2,2-4H3. The average Bonchev–Trinajstić information content (AvgIpc) is 2.59. The van der Waals surface area contributed by atoms with Crippen molar-refractivity contribution >= 4 is 10.0 Å². The van der Waals surface area contributed by atoms with Gasteiger partial charge >= 0.3 is 0 Å². The summed E-state index contributed by atoms with van der Waals surface area (Å²) in [6.45, 7) is 5.56. The van der Waals surface area contributed by atoms with E-state index >= 15 is 0 Å². The van der Waals surface area contributed by atoms with Gasteiger partial charge < -0.3 is 9.67 Å². The Balaban J connectivity index is 3.08. The summed E-state index contributed by atoms with van der Waals surface area (Å²) in [5.74, 6) is 0. The lowest BCUT2D eigenvalue weighted by atomic mass is 10.4. The van der Waals surface area contributed by atoms with Crippen LogP contribution in [-0.2, 0) is 23.7 Å². The molecular formula is C11H18N2O3S. The predicted octanol–water partition coefficient (Wildman–Crippen LogP) is 0.714. The Labute approximate surface area is 102 Å². The van der Waals surface area contributed by atoms with Gasteiger partial charge in [0, 0.05) is 32.5 Å². The van der Waals surface area contributed by atoms with E-state index in [4.69, 9.17) is 5.11 Å². The molecule has 0 amide bonds. The molecule has 0 aromatic carbocycles. The Morgan fingerprint density at radius 1 is 1.59 bits per heavy atom. The van der Waals surface area contributed by atoms with Gasteiger partial charge in [0.05, 0.1) is 6.61 Å². The second-order valence-corrected chi connectivity index (χ2v) is 6.20. The molecule has 96 valence electrons. The largest absolute Gasteiger partial charge is 0.390 e. The molecule has 17 heavy (non-hydrogen) atoms. The second-order valence-electron chi connectivity index (χ2n) is 4.15. The molecule has 1 heterocycles. The molecule has 0 atom stereocenters. The molecule has 0 bridgehead atoms. The van der Waals surface area contributed by atoms with Crippen LogP contribution in [0.15, 0.2) is 29.3 Å². The van der Waals surface area contributed by atoms with Crippen LogP contribution >= 0.6 is 0 Å². The highest BCUT2D eigenvalue weighted by atomic mass is 32.2. The maximum atomic E-state index is 12.1. The van der Waals surface area contributed by atoms with Crippen LogP contribution in [0.3, 0.4) is 0 Å². The predicted molar refractivity (Wildman–Crippen MR) is 66.0 cm³/mol. The Kier molecular flexibility index (Phi) is 4.13. The molecule has 0 spiro atoms. The minimum Gasteiger partial charge on any atom is -0.390 e. The first-order valence-electron chi connectivity index (χ1n) is 5.16. The van der Waals surface area contributed by atoms with E-state index in [1.165, 1.54) is 23.6 Å². The molecule has 0 saturated heterocycles. The fraction of sp³-hybridized carbons (Fsp3) is 0.455. The van der Waals surface area contributed by atoms with E-state index in [1.807, 2.05) is 0 Å². The zero-order chi connectivity index (χ0) is 13.2. The van der Waals surface area contributed by atoms with Gasteiger partial charge in [-0.2, -0.15) is 4.31 Å². The summed E-state index contributed by atoms with van der Waals surface area (Å²) in [7, 11) is -0.298. The molecule has 0 aliphatic rings. The van der Waals surface area contributed by atoms with E-state index in [-0.39, 0.29) is 18.0 Å². The molecule has 1 aromatic rings. The molecule has 6 heteroatoms. The molecule has 1 rings (SSSR count). The smallest absolute Gasteiger partial charge is 0.244 e. The number of rotatable bonds is 5. The molecule has 1 N–H and O–H groups in total. The van der Waals surface area contributed by atoms with Gasteiger partial charge in [-0.05, 0) is 13.0 Å². The number of hydrogen-bond donors (Lipinski definition) is 1. The molecule has 0 aliphatic heterocycles. The highest BCUT2D eigenvalue weighted by Gasteiger charge is 2.22. The van der Waals surface area contributed by atoms with Crippen LogP contribution < -0.4 is 0 Å². The number of aryl methyl sites for hydroxylation is 1. The topological polar surface area (TPSA) is 62.5 Å². The number of hydrogen-bond acceptors (Lipinski definition) is 3. The summed E-state index contributed by atoms with van der Waals surface area (Å²) in [4.78, 5) is 0.188. The van der Waals surface area contributed by atoms with Crippen molar-refractivity contribution in [2.24, 2.45) is 7.05 Å². The van der Waals surface area contributed by atoms with Crippen molar-refractivity contribution in [3.05, 3.63) is 30.1 Å². The van der Waals surface area contributed by atoms with Gasteiger partial charge in [-0.25, -0.2) is 8.42 Å². The van der Waals surface area contributed by atoms with Crippen LogP contribution in [0.2, 0.25) is 0 Å². The molecule has 0 radical (unpaired) electrons. The second kappa shape index (κ2) is 5.03. The van der Waals surface area contributed by atoms with E-state index in [9.17, 15) is 8.42 Å². The normalized spacial score (nSPS) is 12.1. The van der Waals surface area contributed by atoms with Crippen molar-refractivity contribution in [2.45, 2.75) is 18.4 Å². The Bertz CT molecular complexity index is 517. The van der Waals surface area contributed by atoms with Crippen LogP contribution in [0, 0.1) is 0 Å². The third-order valence-electron chi connectivity index (χ3n) is 2.45. The Morgan fingerprint density at radius 3 is 2.59 bits per heavy atom. The van der Waals surface area contributed by atoms with E-state index < -0.39 is 10.0 Å². The minimum absolute atomic E-state index is 0.184. The first kappa shape index (κ1) is 14.0. The van der Waals surface area contributed by atoms with Gasteiger partial charge in [-0.15, -0.1) is 0 Å². The molecule has 0 fully saturated rings. The van der Waals surface area contributed by atoms with Gasteiger partial charge in [-0.3, -0.25) is 0 Å². The third-order valence-corrected chi connectivity index (χ3v) is 4.21. The first-order chi connectivity index (χ1) is 7.78. The quantitative estimate of drug-likeness (QED) is 0.791. The van der Waals surface area contributed by atoms with Gasteiger partial charge in [0.15, 0.2) is 0 Å². The lowest BCUT2D eigenvalue weighted by molar-refractivity contribution is 0.272. The average molecular weight is 258 g/mol. The third kappa shape index (κ3) is 2.96. The highest BCUT2D eigenvalue weighted by molar-refractivity contribution is 7.89. The van der Waals surface area contributed by atoms with E-state index in [0.29, 0.717) is 5.69 Å². The van der Waals surface area contributed by atoms with Crippen molar-refractivity contribution in [3.8, 4) is 0 Å². The summed E-state index contributed by atoms with van der Waals surface area (Å²) in [5.41, 5.74) is 1.33. The molecule has 1 aromatic heterocycles. The van der Waals surface area contributed by atoms with Crippen molar-refractivity contribution in [2.75, 3.05) is 13.6 Å². The number of sulfonamides is 1. The molecule has 5 nitrogen and oxygen atoms in total. The van der Waals surface area contributed by atoms with E-state index in [1.54, 1.807) is 18.5 Å². The molecular weight excluding hydrogens is 240 g/mol. The summed E-state index contributed by atoms with van der Waals surface area (Å²) in [6, 6.07) is 1.48. The zero-order valence-electron chi connectivity index (χ0n) is 10.3. The number of nitrogens with zero attached hydrogens (tertiary/aromatic N) is 2. The van der Waals surface area contributed by atoms with Crippen LogP contribution in [0.5, 0.6) is 0 Å². The van der Waals surface area contributed by atoms with Crippen LogP contribution in [0.1, 0.15) is 12.6 Å². The van der Waals surface area contributed by atoms with Crippen molar-refractivity contribution in [1.82, 2.24) is 8.87 Å². The summed E-state index contributed by atoms with van der Waals surface area (Å²) in [6.07, 6.45) is 1.50. The number of likely N-dealkylation sites (N-methyl/N-ethyl adjacent to an activating group) is 1. The van der Waals surface area contributed by atoms with Gasteiger partial charge in [0.25, 0.3) is 0 Å². The van der Waals surface area contributed by atoms with E-state index in [0.717, 1.165) is 5.57 Å². The Hall–Kier alpha value is -1.11. The highest BCUT2D eigenvalue weighted by Crippen LogP contribution is 2.18. The van der Waals surface area contributed by atoms with Crippen molar-refractivity contribution in [3.63, 3.8) is 0 Å². The summed E-state index contributed by atoms with van der Waals surface area (Å²) in [5, 5.41) is 9.04. The fourth-order valence-electron chi connectivity index (χ4n) is 1.52. The first-order valence-corrected chi connectivity index (χ1v) is 6.60. The maximum absolute atomic E-state index is 12.1. The summed E-state index contributed by atoms with van der Waals surface area (Å²) < 4.78 is 27.1. The monoisotopic (exact) mass is 258 g/mol. The van der Waals surface area contributed by atoms with Gasteiger partial charge in [-0.1, -0.05) is 12.2 Å².